The summed E-state index contributed by atoms with van der Waals surface area (Å²) in [6.45, 7) is 11.5. The summed E-state index contributed by atoms with van der Waals surface area (Å²) in [5.74, 6) is 0.864. The molecular formula is C13H16OSi. The largest absolute Gasteiger partial charge is 0.401 e. The van der Waals surface area contributed by atoms with E-state index in [1.807, 2.05) is 17.1 Å². The molecule has 2 heteroatoms. The van der Waals surface area contributed by atoms with Gasteiger partial charge in [-0.15, -0.1) is 19.7 Å². The molecule has 15 heavy (non-hydrogen) atoms. The maximum atomic E-state index is 6.19. The Morgan fingerprint density at radius 3 is 1.60 bits per heavy atom. The van der Waals surface area contributed by atoms with Crippen LogP contribution >= 0.6 is 0 Å². The summed E-state index contributed by atoms with van der Waals surface area (Å²) in [7, 11) is -2.11. The molecule has 2 bridgehead atoms. The predicted molar refractivity (Wildman–Crippen MR) is 66.5 cm³/mol. The Bertz CT molecular complexity index is 302. The van der Waals surface area contributed by atoms with Gasteiger partial charge in [0, 0.05) is 11.8 Å². The van der Waals surface area contributed by atoms with Crippen LogP contribution in [-0.2, 0) is 4.43 Å². The van der Waals surface area contributed by atoms with E-state index in [-0.39, 0.29) is 6.10 Å². The monoisotopic (exact) mass is 216 g/mol. The fourth-order valence-electron chi connectivity index (χ4n) is 2.12. The summed E-state index contributed by atoms with van der Waals surface area (Å²) in [6, 6.07) is 0. The van der Waals surface area contributed by atoms with Gasteiger partial charge in [0.15, 0.2) is 0 Å². The fourth-order valence-corrected chi connectivity index (χ4v) is 3.70. The van der Waals surface area contributed by atoms with E-state index in [4.69, 9.17) is 4.43 Å². The third kappa shape index (κ3) is 1.60. The van der Waals surface area contributed by atoms with E-state index < -0.39 is 8.32 Å². The molecule has 0 N–H and O–H groups in total. The molecule has 0 saturated heterocycles. The van der Waals surface area contributed by atoms with Crippen LogP contribution < -0.4 is 0 Å². The molecule has 0 aromatic heterocycles. The van der Waals surface area contributed by atoms with E-state index in [1.165, 1.54) is 0 Å². The maximum absolute atomic E-state index is 6.19. The third-order valence-electron chi connectivity index (χ3n) is 3.17. The Hall–Kier alpha value is -1.12. The van der Waals surface area contributed by atoms with Crippen LogP contribution in [0.25, 0.3) is 0 Å². The molecule has 2 aliphatic rings. The van der Waals surface area contributed by atoms with Crippen LogP contribution in [0.3, 0.4) is 0 Å². The normalized spacial score (nSPS) is 31.9. The van der Waals surface area contributed by atoms with Crippen molar-refractivity contribution < 1.29 is 4.43 Å². The molecule has 0 spiro atoms. The summed E-state index contributed by atoms with van der Waals surface area (Å²) in [4.78, 5) is 0. The summed E-state index contributed by atoms with van der Waals surface area (Å²) in [5.41, 5.74) is 5.64. The third-order valence-corrected chi connectivity index (χ3v) is 5.76. The molecule has 0 fully saturated rings. The molecule has 0 aromatic rings. The van der Waals surface area contributed by atoms with Crippen molar-refractivity contribution in [3.05, 3.63) is 61.1 Å². The van der Waals surface area contributed by atoms with Gasteiger partial charge in [0.25, 0.3) is 8.32 Å². The first kappa shape index (κ1) is 10.4. The highest BCUT2D eigenvalue weighted by molar-refractivity contribution is 6.87. The summed E-state index contributed by atoms with van der Waals surface area (Å²) >= 11 is 0. The van der Waals surface area contributed by atoms with E-state index in [9.17, 15) is 0 Å². The van der Waals surface area contributed by atoms with Gasteiger partial charge in [-0.05, 0) is 0 Å². The average Bonchev–Trinajstić information content (AvgIpc) is 2.85. The van der Waals surface area contributed by atoms with Crippen molar-refractivity contribution in [1.29, 1.82) is 0 Å². The van der Waals surface area contributed by atoms with Crippen molar-refractivity contribution in [2.24, 2.45) is 11.8 Å². The van der Waals surface area contributed by atoms with Gasteiger partial charge >= 0.3 is 0 Å². The van der Waals surface area contributed by atoms with Crippen molar-refractivity contribution in [1.82, 2.24) is 0 Å². The Morgan fingerprint density at radius 1 is 0.867 bits per heavy atom. The molecule has 2 rings (SSSR count). The molecule has 0 aliphatic heterocycles. The van der Waals surface area contributed by atoms with Gasteiger partial charge in [-0.2, -0.15) is 0 Å². The summed E-state index contributed by atoms with van der Waals surface area (Å²) < 4.78 is 6.19. The van der Waals surface area contributed by atoms with Crippen LogP contribution in [-0.4, -0.2) is 14.4 Å². The van der Waals surface area contributed by atoms with Crippen molar-refractivity contribution in [2.45, 2.75) is 6.10 Å². The predicted octanol–water partition coefficient (Wildman–Crippen LogP) is 2.86. The summed E-state index contributed by atoms with van der Waals surface area (Å²) in [6.07, 6.45) is 9.09. The Kier molecular flexibility index (Phi) is 2.63. The minimum Gasteiger partial charge on any atom is -0.401 e. The molecule has 0 amide bonds. The Balaban J connectivity index is 2.12. The standard InChI is InChI=1S/C13H16OSi/c1-4-15(5-2,6-3)14-13-11-7-8-12(13)10-9-11/h4-13H,1-3H2. The quantitative estimate of drug-likeness (QED) is 0.507. The smallest absolute Gasteiger partial charge is 0.265 e. The second-order valence-corrected chi connectivity index (χ2v) is 7.14. The van der Waals surface area contributed by atoms with Gasteiger partial charge in [0.2, 0.25) is 0 Å². The maximum Gasteiger partial charge on any atom is 0.265 e. The van der Waals surface area contributed by atoms with Crippen LogP contribution in [0.2, 0.25) is 0 Å². The Morgan fingerprint density at radius 2 is 1.27 bits per heavy atom. The molecule has 1 nitrogen and oxygen atoms in total. The highest BCUT2D eigenvalue weighted by Crippen LogP contribution is 2.37. The van der Waals surface area contributed by atoms with Crippen molar-refractivity contribution in [3.8, 4) is 0 Å². The molecule has 0 saturated carbocycles. The minimum absolute atomic E-state index is 0.241. The number of hydrogen-bond donors (Lipinski definition) is 0. The van der Waals surface area contributed by atoms with Gasteiger partial charge in [0.1, 0.15) is 0 Å². The lowest BCUT2D eigenvalue weighted by molar-refractivity contribution is 0.171. The molecule has 2 aliphatic carbocycles. The number of fused-ring (bicyclic) bond motifs is 2. The highest BCUT2D eigenvalue weighted by Gasteiger charge is 2.39. The lowest BCUT2D eigenvalue weighted by Gasteiger charge is -2.28. The van der Waals surface area contributed by atoms with Gasteiger partial charge in [-0.25, -0.2) is 0 Å². The van der Waals surface area contributed by atoms with E-state index in [2.05, 4.69) is 44.0 Å². The zero-order valence-electron chi connectivity index (χ0n) is 8.80. The van der Waals surface area contributed by atoms with Gasteiger partial charge < -0.3 is 4.43 Å². The van der Waals surface area contributed by atoms with Gasteiger partial charge in [-0.3, -0.25) is 0 Å². The van der Waals surface area contributed by atoms with E-state index in [0.29, 0.717) is 11.8 Å². The first-order valence-electron chi connectivity index (χ1n) is 5.20. The number of hydrogen-bond acceptors (Lipinski definition) is 1. The second-order valence-electron chi connectivity index (χ2n) is 3.97. The molecular weight excluding hydrogens is 200 g/mol. The number of rotatable bonds is 5. The van der Waals surface area contributed by atoms with Crippen molar-refractivity contribution in [2.75, 3.05) is 0 Å². The van der Waals surface area contributed by atoms with Crippen LogP contribution in [0.5, 0.6) is 0 Å². The molecule has 78 valence electrons. The second kappa shape index (κ2) is 3.80. The molecule has 0 atom stereocenters. The zero-order chi connectivity index (χ0) is 10.9. The average molecular weight is 216 g/mol. The SMILES string of the molecule is C=C[Si](C=C)(C=C)OC1C2C=CC1C=C2. The van der Waals surface area contributed by atoms with E-state index in [1.54, 1.807) is 0 Å². The lowest BCUT2D eigenvalue weighted by atomic mass is 10.1. The van der Waals surface area contributed by atoms with Crippen LogP contribution in [0.4, 0.5) is 0 Å². The first-order chi connectivity index (χ1) is 7.24. The highest BCUT2D eigenvalue weighted by atomic mass is 28.4. The first-order valence-corrected chi connectivity index (χ1v) is 7.34. The zero-order valence-corrected chi connectivity index (χ0v) is 9.80. The van der Waals surface area contributed by atoms with Crippen molar-refractivity contribution in [3.63, 3.8) is 0 Å². The van der Waals surface area contributed by atoms with E-state index >= 15 is 0 Å². The Labute approximate surface area is 92.3 Å². The molecule has 0 aromatic carbocycles. The van der Waals surface area contributed by atoms with Crippen molar-refractivity contribution >= 4 is 8.32 Å². The molecule has 0 radical (unpaired) electrons. The van der Waals surface area contributed by atoms with Crippen LogP contribution in [0.1, 0.15) is 0 Å². The minimum atomic E-state index is -2.11. The fraction of sp³-hybridized carbons (Fsp3) is 0.231. The van der Waals surface area contributed by atoms with Crippen LogP contribution in [0.15, 0.2) is 61.1 Å². The topological polar surface area (TPSA) is 9.23 Å². The summed E-state index contributed by atoms with van der Waals surface area (Å²) in [5, 5.41) is 0. The molecule has 0 heterocycles. The van der Waals surface area contributed by atoms with E-state index in [0.717, 1.165) is 0 Å². The molecule has 0 unspecified atom stereocenters. The van der Waals surface area contributed by atoms with Gasteiger partial charge in [0.05, 0.1) is 6.10 Å². The lowest BCUT2D eigenvalue weighted by Crippen LogP contribution is -2.39. The van der Waals surface area contributed by atoms with Crippen LogP contribution in [0, 0.1) is 11.8 Å². The van der Waals surface area contributed by atoms with Gasteiger partial charge in [-0.1, -0.05) is 41.4 Å².